The van der Waals surface area contributed by atoms with Gasteiger partial charge in [0.2, 0.25) is 12.3 Å². The molecule has 1 unspecified atom stereocenters. The van der Waals surface area contributed by atoms with E-state index in [2.05, 4.69) is 20.0 Å². The fourth-order valence-corrected chi connectivity index (χ4v) is 3.70. The van der Waals surface area contributed by atoms with E-state index in [1.165, 1.54) is 6.39 Å². The second-order valence-corrected chi connectivity index (χ2v) is 7.38. The van der Waals surface area contributed by atoms with Gasteiger partial charge in [0.05, 0.1) is 10.7 Å². The van der Waals surface area contributed by atoms with Gasteiger partial charge in [0.15, 0.2) is 0 Å². The Hall–Kier alpha value is -2.61. The number of aliphatic hydroxyl groups excluding tert-OH is 1. The number of benzene rings is 2. The predicted octanol–water partition coefficient (Wildman–Crippen LogP) is 2.95. The first-order chi connectivity index (χ1) is 14.2. The van der Waals surface area contributed by atoms with E-state index in [-0.39, 0.29) is 6.61 Å². The van der Waals surface area contributed by atoms with E-state index in [4.69, 9.17) is 20.8 Å². The molecule has 4 rings (SSSR count). The molecule has 0 bridgehead atoms. The molecule has 1 aliphatic heterocycles. The minimum Gasteiger partial charge on any atom is -0.491 e. The second-order valence-electron chi connectivity index (χ2n) is 6.98. The summed E-state index contributed by atoms with van der Waals surface area (Å²) in [7, 11) is 0. The van der Waals surface area contributed by atoms with Crippen molar-refractivity contribution < 1.29 is 14.3 Å². The lowest BCUT2D eigenvalue weighted by atomic mass is 10.2. The highest BCUT2D eigenvalue weighted by atomic mass is 35.5. The highest BCUT2D eigenvalue weighted by Gasteiger charge is 2.21. The van der Waals surface area contributed by atoms with Crippen LogP contribution in [-0.4, -0.2) is 65.6 Å². The van der Waals surface area contributed by atoms with Crippen LogP contribution < -0.4 is 9.64 Å². The zero-order valence-corrected chi connectivity index (χ0v) is 16.7. The molecule has 1 aliphatic rings. The van der Waals surface area contributed by atoms with Gasteiger partial charge in [-0.2, -0.15) is 0 Å². The lowest BCUT2D eigenvalue weighted by Crippen LogP contribution is -2.49. The molecule has 2 aromatic carbocycles. The third-order valence-corrected chi connectivity index (χ3v) is 5.24. The molecule has 8 heteroatoms. The molecule has 1 atom stereocenters. The quantitative estimate of drug-likeness (QED) is 0.637. The van der Waals surface area contributed by atoms with Crippen LogP contribution in [0.1, 0.15) is 0 Å². The van der Waals surface area contributed by atoms with Gasteiger partial charge in [0, 0.05) is 38.3 Å². The number of para-hydroxylation sites is 1. The van der Waals surface area contributed by atoms with Gasteiger partial charge in [0.1, 0.15) is 18.5 Å². The monoisotopic (exact) mass is 414 g/mol. The molecule has 29 heavy (non-hydrogen) atoms. The SMILES string of the molecule is OC(COc1cccc(-c2nnco2)c1)CN1CCN(c2ccccc2Cl)CC1. The van der Waals surface area contributed by atoms with Crippen molar-refractivity contribution in [1.29, 1.82) is 0 Å². The van der Waals surface area contributed by atoms with Crippen LogP contribution in [0.2, 0.25) is 5.02 Å². The van der Waals surface area contributed by atoms with Gasteiger partial charge >= 0.3 is 0 Å². The number of aromatic nitrogens is 2. The average molecular weight is 415 g/mol. The van der Waals surface area contributed by atoms with E-state index in [0.717, 1.165) is 42.5 Å². The molecule has 0 aliphatic carbocycles. The Morgan fingerprint density at radius 1 is 1.10 bits per heavy atom. The smallest absolute Gasteiger partial charge is 0.247 e. The minimum absolute atomic E-state index is 0.220. The molecule has 1 aromatic heterocycles. The highest BCUT2D eigenvalue weighted by Crippen LogP contribution is 2.26. The van der Waals surface area contributed by atoms with Crippen molar-refractivity contribution in [3.05, 3.63) is 59.9 Å². The summed E-state index contributed by atoms with van der Waals surface area (Å²) in [4.78, 5) is 4.53. The Bertz CT molecular complexity index is 914. The van der Waals surface area contributed by atoms with Crippen LogP contribution in [0, 0.1) is 0 Å². The first kappa shape index (κ1) is 19.7. The van der Waals surface area contributed by atoms with Gasteiger partial charge in [-0.1, -0.05) is 29.8 Å². The predicted molar refractivity (Wildman–Crippen MR) is 111 cm³/mol. The van der Waals surface area contributed by atoms with Gasteiger partial charge < -0.3 is 19.2 Å². The van der Waals surface area contributed by atoms with Gasteiger partial charge in [-0.3, -0.25) is 4.90 Å². The first-order valence-electron chi connectivity index (χ1n) is 9.58. The minimum atomic E-state index is -0.575. The molecule has 1 fully saturated rings. The molecule has 1 saturated heterocycles. The third-order valence-electron chi connectivity index (χ3n) is 4.92. The van der Waals surface area contributed by atoms with E-state index in [9.17, 15) is 5.11 Å². The highest BCUT2D eigenvalue weighted by molar-refractivity contribution is 6.33. The van der Waals surface area contributed by atoms with E-state index < -0.39 is 6.10 Å². The summed E-state index contributed by atoms with van der Waals surface area (Å²) in [6.07, 6.45) is 0.715. The maximum absolute atomic E-state index is 10.4. The third kappa shape index (κ3) is 5.06. The molecule has 7 nitrogen and oxygen atoms in total. The molecule has 0 radical (unpaired) electrons. The summed E-state index contributed by atoms with van der Waals surface area (Å²) in [6, 6.07) is 15.3. The van der Waals surface area contributed by atoms with Crippen LogP contribution in [0.25, 0.3) is 11.5 Å². The number of hydrogen-bond acceptors (Lipinski definition) is 7. The fraction of sp³-hybridized carbons (Fsp3) is 0.333. The number of anilines is 1. The molecule has 0 spiro atoms. The Morgan fingerprint density at radius 3 is 2.69 bits per heavy atom. The number of aliphatic hydroxyl groups is 1. The Morgan fingerprint density at radius 2 is 1.93 bits per heavy atom. The van der Waals surface area contributed by atoms with Crippen molar-refractivity contribution in [3.8, 4) is 17.2 Å². The number of piperazine rings is 1. The summed E-state index contributed by atoms with van der Waals surface area (Å²) < 4.78 is 11.0. The topological polar surface area (TPSA) is 74.9 Å². The molecule has 152 valence electrons. The summed E-state index contributed by atoms with van der Waals surface area (Å²) in [6.45, 7) is 4.29. The zero-order valence-electron chi connectivity index (χ0n) is 15.9. The van der Waals surface area contributed by atoms with Crippen molar-refractivity contribution in [3.63, 3.8) is 0 Å². The van der Waals surface area contributed by atoms with E-state index in [1.807, 2.05) is 48.5 Å². The van der Waals surface area contributed by atoms with Gasteiger partial charge in [-0.15, -0.1) is 10.2 Å². The number of nitrogens with zero attached hydrogens (tertiary/aromatic N) is 4. The molecular weight excluding hydrogens is 392 g/mol. The lowest BCUT2D eigenvalue weighted by molar-refractivity contribution is 0.0663. The summed E-state index contributed by atoms with van der Waals surface area (Å²) in [5, 5.41) is 18.8. The molecule has 0 saturated carbocycles. The first-order valence-corrected chi connectivity index (χ1v) is 9.96. The maximum Gasteiger partial charge on any atom is 0.247 e. The molecule has 1 N–H and O–H groups in total. The van der Waals surface area contributed by atoms with Crippen LogP contribution in [0.4, 0.5) is 5.69 Å². The van der Waals surface area contributed by atoms with Crippen LogP contribution in [0.3, 0.4) is 0 Å². The van der Waals surface area contributed by atoms with Crippen molar-refractivity contribution in [1.82, 2.24) is 15.1 Å². The summed E-state index contributed by atoms with van der Waals surface area (Å²) in [5.74, 6) is 1.09. The second kappa shape index (κ2) is 9.26. The fourth-order valence-electron chi connectivity index (χ4n) is 3.44. The molecule has 2 heterocycles. The number of hydrogen-bond donors (Lipinski definition) is 1. The number of β-amino-alcohol motifs (C(OH)–C–C–N with tert-alkyl or cyclic N) is 1. The van der Waals surface area contributed by atoms with Crippen LogP contribution in [0.15, 0.2) is 59.3 Å². The Labute approximate surface area is 174 Å². The Balaban J connectivity index is 1.24. The van der Waals surface area contributed by atoms with Crippen molar-refractivity contribution in [2.45, 2.75) is 6.10 Å². The normalized spacial score (nSPS) is 16.0. The molecular formula is C21H23ClN4O3. The van der Waals surface area contributed by atoms with Crippen LogP contribution in [-0.2, 0) is 0 Å². The molecule has 3 aromatic rings. The van der Waals surface area contributed by atoms with Crippen LogP contribution in [0.5, 0.6) is 5.75 Å². The largest absolute Gasteiger partial charge is 0.491 e. The van der Waals surface area contributed by atoms with Gasteiger partial charge in [-0.25, -0.2) is 0 Å². The van der Waals surface area contributed by atoms with E-state index in [0.29, 0.717) is 18.2 Å². The summed E-state index contributed by atoms with van der Waals surface area (Å²) in [5.41, 5.74) is 1.85. The lowest BCUT2D eigenvalue weighted by Gasteiger charge is -2.37. The number of halogens is 1. The zero-order chi connectivity index (χ0) is 20.1. The number of rotatable bonds is 7. The van der Waals surface area contributed by atoms with Crippen LogP contribution >= 0.6 is 11.6 Å². The number of ether oxygens (including phenoxy) is 1. The average Bonchev–Trinajstić information content (AvgIpc) is 3.29. The van der Waals surface area contributed by atoms with Crippen molar-refractivity contribution in [2.75, 3.05) is 44.2 Å². The summed E-state index contributed by atoms with van der Waals surface area (Å²) >= 11 is 6.30. The standard InChI is InChI=1S/C21H23ClN4O3/c22-19-6-1-2-7-20(19)26-10-8-25(9-11-26)13-17(27)14-28-18-5-3-4-16(12-18)21-24-23-15-29-21/h1-7,12,15,17,27H,8-11,13-14H2. The molecule has 0 amide bonds. The Kier molecular flexibility index (Phi) is 6.29. The maximum atomic E-state index is 10.4. The van der Waals surface area contributed by atoms with Crippen molar-refractivity contribution in [2.24, 2.45) is 0 Å². The van der Waals surface area contributed by atoms with Gasteiger partial charge in [-0.05, 0) is 30.3 Å². The van der Waals surface area contributed by atoms with E-state index >= 15 is 0 Å². The van der Waals surface area contributed by atoms with E-state index in [1.54, 1.807) is 0 Å². The van der Waals surface area contributed by atoms with Gasteiger partial charge in [0.25, 0.3) is 0 Å². The van der Waals surface area contributed by atoms with Crippen molar-refractivity contribution >= 4 is 17.3 Å².